The average molecular weight is 215 g/mol. The maximum absolute atomic E-state index is 3.55. The Morgan fingerprint density at radius 3 is 2.00 bits per heavy atom. The number of nitrogens with one attached hydrogen (secondary N) is 1. The van der Waals surface area contributed by atoms with Crippen LogP contribution >= 0.6 is 0 Å². The first-order chi connectivity index (χ1) is 6.93. The predicted molar refractivity (Wildman–Crippen MR) is 68.4 cm³/mol. The summed E-state index contributed by atoms with van der Waals surface area (Å²) in [6, 6.07) is 0.618. The number of likely N-dealkylation sites (N-methyl/N-ethyl adjacent to an activating group) is 2. The lowest BCUT2D eigenvalue weighted by Crippen LogP contribution is -2.38. The molecule has 3 nitrogen and oxygen atoms in total. The fraction of sp³-hybridized carbons (Fsp3) is 1.00. The SMILES string of the molecule is CC(C)C(C)NCCN(C)CCN(C)C. The summed E-state index contributed by atoms with van der Waals surface area (Å²) < 4.78 is 0. The highest BCUT2D eigenvalue weighted by Gasteiger charge is 2.05. The molecule has 0 spiro atoms. The van der Waals surface area contributed by atoms with Gasteiger partial charge in [-0.3, -0.25) is 0 Å². The molecule has 0 aromatic rings. The molecule has 3 heteroatoms. The third kappa shape index (κ3) is 8.85. The minimum atomic E-state index is 0.618. The first kappa shape index (κ1) is 14.9. The lowest BCUT2D eigenvalue weighted by molar-refractivity contribution is 0.274. The zero-order chi connectivity index (χ0) is 11.8. The molecule has 15 heavy (non-hydrogen) atoms. The van der Waals surface area contributed by atoms with Gasteiger partial charge in [-0.2, -0.15) is 0 Å². The highest BCUT2D eigenvalue weighted by atomic mass is 15.2. The molecule has 0 aromatic carbocycles. The van der Waals surface area contributed by atoms with Crippen LogP contribution in [0.25, 0.3) is 0 Å². The highest BCUT2D eigenvalue weighted by molar-refractivity contribution is 4.65. The second-order valence-electron chi connectivity index (χ2n) is 5.09. The van der Waals surface area contributed by atoms with Gasteiger partial charge < -0.3 is 15.1 Å². The third-order valence-corrected chi connectivity index (χ3v) is 2.89. The quantitative estimate of drug-likeness (QED) is 0.654. The molecule has 0 heterocycles. The van der Waals surface area contributed by atoms with Crippen molar-refractivity contribution in [3.8, 4) is 0 Å². The fourth-order valence-corrected chi connectivity index (χ4v) is 1.20. The Labute approximate surface area is 95.8 Å². The van der Waals surface area contributed by atoms with Crippen molar-refractivity contribution in [2.75, 3.05) is 47.3 Å². The van der Waals surface area contributed by atoms with Crippen LogP contribution < -0.4 is 5.32 Å². The van der Waals surface area contributed by atoms with Gasteiger partial charge in [0.25, 0.3) is 0 Å². The number of hydrogen-bond acceptors (Lipinski definition) is 3. The van der Waals surface area contributed by atoms with Crippen LogP contribution in [0.1, 0.15) is 20.8 Å². The van der Waals surface area contributed by atoms with E-state index in [2.05, 4.69) is 57.0 Å². The maximum Gasteiger partial charge on any atom is 0.0107 e. The van der Waals surface area contributed by atoms with E-state index in [0.29, 0.717) is 6.04 Å². The molecule has 0 saturated carbocycles. The molecule has 1 atom stereocenters. The summed E-state index contributed by atoms with van der Waals surface area (Å²) in [5.41, 5.74) is 0. The van der Waals surface area contributed by atoms with E-state index in [1.807, 2.05) is 0 Å². The van der Waals surface area contributed by atoms with E-state index in [1.165, 1.54) is 0 Å². The van der Waals surface area contributed by atoms with Crippen molar-refractivity contribution in [2.45, 2.75) is 26.8 Å². The molecule has 0 bridgehead atoms. The second kappa shape index (κ2) is 8.08. The standard InChI is InChI=1S/C12H29N3/c1-11(2)12(3)13-7-8-15(6)10-9-14(4)5/h11-13H,7-10H2,1-6H3. The molecule has 0 radical (unpaired) electrons. The van der Waals surface area contributed by atoms with Crippen LogP contribution in [-0.2, 0) is 0 Å². The van der Waals surface area contributed by atoms with E-state index in [-0.39, 0.29) is 0 Å². The minimum Gasteiger partial charge on any atom is -0.313 e. The average Bonchev–Trinajstić information content (AvgIpc) is 2.14. The van der Waals surface area contributed by atoms with Crippen molar-refractivity contribution in [1.82, 2.24) is 15.1 Å². The van der Waals surface area contributed by atoms with E-state index < -0.39 is 0 Å². The molecule has 0 aliphatic heterocycles. The summed E-state index contributed by atoms with van der Waals surface area (Å²) >= 11 is 0. The summed E-state index contributed by atoms with van der Waals surface area (Å²) in [7, 11) is 6.42. The van der Waals surface area contributed by atoms with Crippen molar-refractivity contribution in [3.05, 3.63) is 0 Å². The van der Waals surface area contributed by atoms with Gasteiger partial charge in [-0.1, -0.05) is 13.8 Å². The Kier molecular flexibility index (Phi) is 8.02. The summed E-state index contributed by atoms with van der Waals surface area (Å²) in [6.45, 7) is 11.3. The van der Waals surface area contributed by atoms with Crippen LogP contribution in [0, 0.1) is 5.92 Å². The van der Waals surface area contributed by atoms with Gasteiger partial charge in [0.15, 0.2) is 0 Å². The van der Waals surface area contributed by atoms with Gasteiger partial charge in [0.2, 0.25) is 0 Å². The van der Waals surface area contributed by atoms with Gasteiger partial charge in [-0.15, -0.1) is 0 Å². The smallest absolute Gasteiger partial charge is 0.0107 e. The van der Waals surface area contributed by atoms with Crippen molar-refractivity contribution < 1.29 is 0 Å². The van der Waals surface area contributed by atoms with Crippen molar-refractivity contribution in [3.63, 3.8) is 0 Å². The monoisotopic (exact) mass is 215 g/mol. The number of nitrogens with zero attached hydrogens (tertiary/aromatic N) is 2. The Bertz CT molecular complexity index is 146. The molecule has 0 fully saturated rings. The molecule has 0 aliphatic carbocycles. The molecule has 0 amide bonds. The van der Waals surface area contributed by atoms with E-state index in [4.69, 9.17) is 0 Å². The molecular weight excluding hydrogens is 186 g/mol. The van der Waals surface area contributed by atoms with E-state index >= 15 is 0 Å². The predicted octanol–water partition coefficient (Wildman–Crippen LogP) is 1.11. The summed E-state index contributed by atoms with van der Waals surface area (Å²) in [5, 5.41) is 3.55. The molecule has 0 aliphatic rings. The number of rotatable bonds is 8. The zero-order valence-electron chi connectivity index (χ0n) is 11.4. The highest BCUT2D eigenvalue weighted by Crippen LogP contribution is 1.98. The molecule has 0 rings (SSSR count). The van der Waals surface area contributed by atoms with Gasteiger partial charge in [-0.05, 0) is 34.0 Å². The molecule has 0 aromatic heterocycles. The fourth-order valence-electron chi connectivity index (χ4n) is 1.20. The van der Waals surface area contributed by atoms with Crippen LogP contribution in [0.3, 0.4) is 0 Å². The Morgan fingerprint density at radius 1 is 0.933 bits per heavy atom. The lowest BCUT2D eigenvalue weighted by Gasteiger charge is -2.22. The summed E-state index contributed by atoms with van der Waals surface area (Å²) in [6.07, 6.45) is 0. The Hall–Kier alpha value is -0.120. The van der Waals surface area contributed by atoms with Gasteiger partial charge in [-0.25, -0.2) is 0 Å². The second-order valence-corrected chi connectivity index (χ2v) is 5.09. The van der Waals surface area contributed by atoms with E-state index in [0.717, 1.165) is 32.1 Å². The van der Waals surface area contributed by atoms with Gasteiger partial charge in [0.1, 0.15) is 0 Å². The van der Waals surface area contributed by atoms with Crippen molar-refractivity contribution in [2.24, 2.45) is 5.92 Å². The van der Waals surface area contributed by atoms with Crippen LogP contribution in [0.15, 0.2) is 0 Å². The molecule has 0 saturated heterocycles. The minimum absolute atomic E-state index is 0.618. The first-order valence-electron chi connectivity index (χ1n) is 6.00. The molecule has 1 N–H and O–H groups in total. The lowest BCUT2D eigenvalue weighted by atomic mass is 10.1. The topological polar surface area (TPSA) is 18.5 Å². The van der Waals surface area contributed by atoms with Crippen LogP contribution in [0.2, 0.25) is 0 Å². The van der Waals surface area contributed by atoms with Gasteiger partial charge >= 0.3 is 0 Å². The van der Waals surface area contributed by atoms with E-state index in [9.17, 15) is 0 Å². The number of hydrogen-bond donors (Lipinski definition) is 1. The largest absolute Gasteiger partial charge is 0.313 e. The van der Waals surface area contributed by atoms with Gasteiger partial charge in [0.05, 0.1) is 0 Å². The van der Waals surface area contributed by atoms with Crippen molar-refractivity contribution in [1.29, 1.82) is 0 Å². The maximum atomic E-state index is 3.55. The first-order valence-corrected chi connectivity index (χ1v) is 6.00. The van der Waals surface area contributed by atoms with Gasteiger partial charge in [0, 0.05) is 32.2 Å². The van der Waals surface area contributed by atoms with Crippen LogP contribution in [-0.4, -0.2) is 63.2 Å². The van der Waals surface area contributed by atoms with Crippen LogP contribution in [0.4, 0.5) is 0 Å². The Balaban J connectivity index is 3.42. The summed E-state index contributed by atoms with van der Waals surface area (Å²) in [5.74, 6) is 0.720. The molecular formula is C12H29N3. The zero-order valence-corrected chi connectivity index (χ0v) is 11.4. The molecule has 1 unspecified atom stereocenters. The normalized spacial score (nSPS) is 14.2. The van der Waals surface area contributed by atoms with Crippen molar-refractivity contribution >= 4 is 0 Å². The summed E-state index contributed by atoms with van der Waals surface area (Å²) in [4.78, 5) is 4.60. The molecule has 92 valence electrons. The van der Waals surface area contributed by atoms with E-state index in [1.54, 1.807) is 0 Å². The Morgan fingerprint density at radius 2 is 1.53 bits per heavy atom. The third-order valence-electron chi connectivity index (χ3n) is 2.89. The van der Waals surface area contributed by atoms with Crippen LogP contribution in [0.5, 0.6) is 0 Å².